The number of hydrogen-bond acceptors (Lipinski definition) is 5. The molecule has 0 radical (unpaired) electrons. The highest BCUT2D eigenvalue weighted by atomic mass is 32.1. The molecular weight excluding hydrogens is 436 g/mol. The molecule has 0 aromatic heterocycles. The lowest BCUT2D eigenvalue weighted by molar-refractivity contribution is -0.113. The van der Waals surface area contributed by atoms with Gasteiger partial charge in [-0.1, -0.05) is 36.4 Å². The molecule has 1 N–H and O–H groups in total. The second-order valence-corrected chi connectivity index (χ2v) is 7.63. The lowest BCUT2D eigenvalue weighted by atomic mass is 10.1. The number of anilines is 1. The molecule has 1 fully saturated rings. The zero-order chi connectivity index (χ0) is 23.2. The van der Waals surface area contributed by atoms with Crippen LogP contribution < -0.4 is 24.4 Å². The minimum Gasteiger partial charge on any atom is -0.494 e. The highest BCUT2D eigenvalue weighted by molar-refractivity contribution is 7.80. The smallest absolute Gasteiger partial charge is 0.281 e. The Morgan fingerprint density at radius 3 is 2.42 bits per heavy atom. The van der Waals surface area contributed by atoms with Gasteiger partial charge in [0.05, 0.1) is 19.4 Å². The summed E-state index contributed by atoms with van der Waals surface area (Å²) < 4.78 is 16.9. The van der Waals surface area contributed by atoms with Gasteiger partial charge in [0.2, 0.25) is 0 Å². The first kappa shape index (κ1) is 22.4. The molecule has 1 amide bonds. The molecule has 33 heavy (non-hydrogen) atoms. The maximum Gasteiger partial charge on any atom is 0.281 e. The van der Waals surface area contributed by atoms with Gasteiger partial charge in [-0.3, -0.25) is 9.69 Å². The molecule has 3 aromatic rings. The van der Waals surface area contributed by atoms with Crippen LogP contribution in [0.1, 0.15) is 18.1 Å². The lowest BCUT2D eigenvalue weighted by Crippen LogP contribution is -2.30. The van der Waals surface area contributed by atoms with E-state index in [9.17, 15) is 4.79 Å². The van der Waals surface area contributed by atoms with E-state index in [2.05, 4.69) is 5.32 Å². The highest BCUT2D eigenvalue weighted by Crippen LogP contribution is 2.31. The number of nitrogens with zero attached hydrogens (tertiary/aromatic N) is 1. The van der Waals surface area contributed by atoms with Gasteiger partial charge in [0.25, 0.3) is 5.91 Å². The van der Waals surface area contributed by atoms with Crippen LogP contribution in [0.25, 0.3) is 6.08 Å². The number of carbonyl (C=O) groups excluding carboxylic acids is 1. The molecule has 0 saturated carbocycles. The van der Waals surface area contributed by atoms with Crippen LogP contribution in [0.2, 0.25) is 0 Å². The van der Waals surface area contributed by atoms with Crippen LogP contribution in [0.15, 0.2) is 78.5 Å². The monoisotopic (exact) mass is 460 g/mol. The van der Waals surface area contributed by atoms with E-state index in [0.29, 0.717) is 41.2 Å². The Labute approximate surface area is 198 Å². The molecule has 0 bridgehead atoms. The van der Waals surface area contributed by atoms with Crippen molar-refractivity contribution in [1.29, 1.82) is 0 Å². The van der Waals surface area contributed by atoms with Crippen LogP contribution in [0.3, 0.4) is 0 Å². The molecule has 0 atom stereocenters. The van der Waals surface area contributed by atoms with E-state index in [1.54, 1.807) is 13.2 Å². The van der Waals surface area contributed by atoms with Crippen molar-refractivity contribution in [2.45, 2.75) is 13.5 Å². The average Bonchev–Trinajstić information content (AvgIpc) is 3.12. The van der Waals surface area contributed by atoms with Crippen molar-refractivity contribution in [2.24, 2.45) is 0 Å². The van der Waals surface area contributed by atoms with Crippen molar-refractivity contribution in [3.63, 3.8) is 0 Å². The number of thiocarbonyl (C=S) groups is 1. The molecule has 1 aliphatic heterocycles. The van der Waals surface area contributed by atoms with E-state index in [4.69, 9.17) is 26.4 Å². The summed E-state index contributed by atoms with van der Waals surface area (Å²) in [6.07, 6.45) is 1.74. The number of methoxy groups -OCH3 is 1. The first-order chi connectivity index (χ1) is 16.1. The van der Waals surface area contributed by atoms with Gasteiger partial charge in [-0.05, 0) is 72.7 Å². The fourth-order valence-electron chi connectivity index (χ4n) is 3.42. The number of hydrogen-bond donors (Lipinski definition) is 1. The van der Waals surface area contributed by atoms with Crippen LogP contribution >= 0.6 is 12.2 Å². The molecule has 1 aliphatic rings. The molecule has 1 heterocycles. The van der Waals surface area contributed by atoms with Crippen LogP contribution in [0, 0.1) is 0 Å². The molecule has 1 saturated heterocycles. The second-order valence-electron chi connectivity index (χ2n) is 7.24. The number of carbonyl (C=O) groups is 1. The summed E-state index contributed by atoms with van der Waals surface area (Å²) in [6.45, 7) is 2.93. The Morgan fingerprint density at radius 2 is 1.73 bits per heavy atom. The van der Waals surface area contributed by atoms with Crippen LogP contribution in [0.5, 0.6) is 17.2 Å². The summed E-state index contributed by atoms with van der Waals surface area (Å²) >= 11 is 5.40. The van der Waals surface area contributed by atoms with Gasteiger partial charge < -0.3 is 19.5 Å². The molecule has 0 spiro atoms. The van der Waals surface area contributed by atoms with Crippen LogP contribution in [-0.2, 0) is 11.4 Å². The summed E-state index contributed by atoms with van der Waals surface area (Å²) in [7, 11) is 1.59. The standard InChI is InChI=1S/C26H24N2O4S/c1-3-31-21-12-10-20(11-13-21)28-25(29)22(27-26(28)33)15-19-9-14-23(24(16-19)30-2)32-17-18-7-5-4-6-8-18/h4-16H,3,17H2,1-2H3,(H,27,33)/b22-15+. The molecule has 168 valence electrons. The Bertz CT molecular complexity index is 1180. The summed E-state index contributed by atoms with van der Waals surface area (Å²) in [5.74, 6) is 1.72. The van der Waals surface area contributed by atoms with Gasteiger partial charge in [-0.25, -0.2) is 0 Å². The number of benzene rings is 3. The second kappa shape index (κ2) is 10.2. The number of rotatable bonds is 8. The van der Waals surface area contributed by atoms with E-state index in [1.807, 2.05) is 79.7 Å². The maximum atomic E-state index is 13.0. The largest absolute Gasteiger partial charge is 0.494 e. The zero-order valence-electron chi connectivity index (χ0n) is 18.4. The van der Waals surface area contributed by atoms with E-state index in [1.165, 1.54) is 4.90 Å². The molecule has 0 aliphatic carbocycles. The predicted molar refractivity (Wildman–Crippen MR) is 133 cm³/mol. The fourth-order valence-corrected chi connectivity index (χ4v) is 3.72. The molecular formula is C26H24N2O4S. The van der Waals surface area contributed by atoms with E-state index in [0.717, 1.165) is 16.9 Å². The normalized spacial score (nSPS) is 14.4. The topological polar surface area (TPSA) is 60.0 Å². The molecule has 3 aromatic carbocycles. The third-order valence-electron chi connectivity index (χ3n) is 5.02. The third kappa shape index (κ3) is 5.15. The van der Waals surface area contributed by atoms with E-state index >= 15 is 0 Å². The molecule has 6 nitrogen and oxygen atoms in total. The molecule has 4 rings (SSSR count). The van der Waals surface area contributed by atoms with E-state index in [-0.39, 0.29) is 5.91 Å². The molecule has 0 unspecified atom stereocenters. The van der Waals surface area contributed by atoms with Crippen molar-refractivity contribution >= 4 is 35.0 Å². The summed E-state index contributed by atoms with van der Waals surface area (Å²) in [5.41, 5.74) is 2.90. The number of amides is 1. The highest BCUT2D eigenvalue weighted by Gasteiger charge is 2.32. The summed E-state index contributed by atoms with van der Waals surface area (Å²) in [5, 5.41) is 3.33. The quantitative estimate of drug-likeness (QED) is 0.380. The van der Waals surface area contributed by atoms with E-state index < -0.39 is 0 Å². The Hall–Kier alpha value is -3.84. The third-order valence-corrected chi connectivity index (χ3v) is 5.30. The van der Waals surface area contributed by atoms with Gasteiger partial charge in [0, 0.05) is 0 Å². The minimum atomic E-state index is -0.229. The minimum absolute atomic E-state index is 0.229. The Balaban J connectivity index is 1.51. The van der Waals surface area contributed by atoms with Crippen molar-refractivity contribution in [3.8, 4) is 17.2 Å². The van der Waals surface area contributed by atoms with Gasteiger partial charge in [0.1, 0.15) is 18.1 Å². The van der Waals surface area contributed by atoms with Gasteiger partial charge >= 0.3 is 0 Å². The van der Waals surface area contributed by atoms with Gasteiger partial charge in [0.15, 0.2) is 16.6 Å². The molecule has 7 heteroatoms. The SMILES string of the molecule is CCOc1ccc(N2C(=O)/C(=C\c3ccc(OCc4ccccc4)c(OC)c3)NC2=S)cc1. The predicted octanol–water partition coefficient (Wildman–Crippen LogP) is 4.94. The Kier molecular flexibility index (Phi) is 6.90. The average molecular weight is 461 g/mol. The number of nitrogens with one attached hydrogen (secondary N) is 1. The van der Waals surface area contributed by atoms with Crippen molar-refractivity contribution in [3.05, 3.63) is 89.6 Å². The number of ether oxygens (including phenoxy) is 3. The Morgan fingerprint density at radius 1 is 0.970 bits per heavy atom. The summed E-state index contributed by atoms with van der Waals surface area (Å²) in [6, 6.07) is 22.7. The van der Waals surface area contributed by atoms with Crippen LogP contribution in [-0.4, -0.2) is 24.7 Å². The lowest BCUT2D eigenvalue weighted by Gasteiger charge is -2.14. The fraction of sp³-hybridized carbons (Fsp3) is 0.154. The van der Waals surface area contributed by atoms with Crippen molar-refractivity contribution in [2.75, 3.05) is 18.6 Å². The van der Waals surface area contributed by atoms with Crippen molar-refractivity contribution < 1.29 is 19.0 Å². The first-order valence-electron chi connectivity index (χ1n) is 10.5. The zero-order valence-corrected chi connectivity index (χ0v) is 19.2. The van der Waals surface area contributed by atoms with Gasteiger partial charge in [-0.15, -0.1) is 0 Å². The summed E-state index contributed by atoms with van der Waals surface area (Å²) in [4.78, 5) is 14.5. The maximum absolute atomic E-state index is 13.0. The van der Waals surface area contributed by atoms with Crippen molar-refractivity contribution in [1.82, 2.24) is 5.32 Å². The van der Waals surface area contributed by atoms with Gasteiger partial charge in [-0.2, -0.15) is 0 Å². The first-order valence-corrected chi connectivity index (χ1v) is 10.9. The van der Waals surface area contributed by atoms with Crippen LogP contribution in [0.4, 0.5) is 5.69 Å².